The van der Waals surface area contributed by atoms with Gasteiger partial charge in [-0.15, -0.1) is 0 Å². The van der Waals surface area contributed by atoms with Gasteiger partial charge in [-0.2, -0.15) is 0 Å². The molecule has 4 rings (SSSR count). The van der Waals surface area contributed by atoms with Crippen LogP contribution in [-0.2, 0) is 12.8 Å². The lowest BCUT2D eigenvalue weighted by Crippen LogP contribution is -2.39. The Morgan fingerprint density at radius 3 is 2.85 bits per heavy atom. The maximum atomic E-state index is 12.8. The summed E-state index contributed by atoms with van der Waals surface area (Å²) >= 11 is 0. The van der Waals surface area contributed by atoms with E-state index in [0.717, 1.165) is 68.0 Å². The number of carbonyl (C=O) groups is 1. The zero-order chi connectivity index (χ0) is 18.6. The van der Waals surface area contributed by atoms with Crippen LogP contribution in [0.3, 0.4) is 0 Å². The SMILES string of the molecule is CN(CCCN1CCc2cc3c(cc2C1=O)OCO3)CCc1ccccn1. The zero-order valence-electron chi connectivity index (χ0n) is 15.7. The van der Waals surface area contributed by atoms with Gasteiger partial charge in [0.05, 0.1) is 0 Å². The van der Waals surface area contributed by atoms with Crippen LogP contribution in [0.4, 0.5) is 0 Å². The van der Waals surface area contributed by atoms with Crippen molar-refractivity contribution >= 4 is 5.91 Å². The number of pyridine rings is 1. The third kappa shape index (κ3) is 4.06. The maximum absolute atomic E-state index is 12.8. The van der Waals surface area contributed by atoms with Crippen molar-refractivity contribution in [3.05, 3.63) is 53.3 Å². The van der Waals surface area contributed by atoms with Crippen molar-refractivity contribution in [3.8, 4) is 11.5 Å². The Labute approximate surface area is 159 Å². The van der Waals surface area contributed by atoms with Crippen molar-refractivity contribution < 1.29 is 14.3 Å². The average molecular weight is 367 g/mol. The Bertz CT molecular complexity index is 810. The van der Waals surface area contributed by atoms with E-state index in [4.69, 9.17) is 9.47 Å². The van der Waals surface area contributed by atoms with E-state index in [1.54, 1.807) is 0 Å². The van der Waals surface area contributed by atoms with E-state index in [-0.39, 0.29) is 12.7 Å². The van der Waals surface area contributed by atoms with Crippen LogP contribution in [0.25, 0.3) is 0 Å². The topological polar surface area (TPSA) is 54.9 Å². The normalized spacial score (nSPS) is 15.3. The fraction of sp³-hybridized carbons (Fsp3) is 0.429. The number of hydrogen-bond donors (Lipinski definition) is 0. The van der Waals surface area contributed by atoms with Crippen molar-refractivity contribution in [3.63, 3.8) is 0 Å². The van der Waals surface area contributed by atoms with Crippen molar-refractivity contribution in [2.75, 3.05) is 40.0 Å². The quantitative estimate of drug-likeness (QED) is 0.752. The van der Waals surface area contributed by atoms with Gasteiger partial charge in [0.15, 0.2) is 11.5 Å². The molecule has 0 aliphatic carbocycles. The number of amides is 1. The molecule has 0 N–H and O–H groups in total. The third-order valence-electron chi connectivity index (χ3n) is 5.21. The molecule has 2 aliphatic heterocycles. The molecule has 3 heterocycles. The molecule has 1 aromatic carbocycles. The van der Waals surface area contributed by atoms with Gasteiger partial charge in [-0.05, 0) is 56.3 Å². The molecule has 0 saturated heterocycles. The molecule has 0 spiro atoms. The minimum Gasteiger partial charge on any atom is -0.454 e. The summed E-state index contributed by atoms with van der Waals surface area (Å²) in [5, 5.41) is 0. The number of ether oxygens (including phenoxy) is 2. The van der Waals surface area contributed by atoms with E-state index < -0.39 is 0 Å². The third-order valence-corrected chi connectivity index (χ3v) is 5.21. The van der Waals surface area contributed by atoms with E-state index in [2.05, 4.69) is 23.0 Å². The maximum Gasteiger partial charge on any atom is 0.254 e. The van der Waals surface area contributed by atoms with Gasteiger partial charge in [-0.25, -0.2) is 0 Å². The van der Waals surface area contributed by atoms with Gasteiger partial charge in [0.1, 0.15) is 0 Å². The largest absolute Gasteiger partial charge is 0.454 e. The second-order valence-electron chi connectivity index (χ2n) is 7.13. The van der Waals surface area contributed by atoms with E-state index in [1.165, 1.54) is 0 Å². The summed E-state index contributed by atoms with van der Waals surface area (Å²) in [6.07, 6.45) is 4.61. The molecular weight excluding hydrogens is 342 g/mol. The highest BCUT2D eigenvalue weighted by atomic mass is 16.7. The minimum absolute atomic E-state index is 0.102. The van der Waals surface area contributed by atoms with Gasteiger partial charge in [-0.3, -0.25) is 9.78 Å². The summed E-state index contributed by atoms with van der Waals surface area (Å²) < 4.78 is 10.8. The molecular formula is C21H25N3O3. The Kier molecular flexibility index (Phi) is 5.25. The molecule has 1 aromatic heterocycles. The molecule has 2 aromatic rings. The van der Waals surface area contributed by atoms with E-state index in [1.807, 2.05) is 35.4 Å². The van der Waals surface area contributed by atoms with Gasteiger partial charge in [-0.1, -0.05) is 6.07 Å². The fourth-order valence-electron chi connectivity index (χ4n) is 3.63. The summed E-state index contributed by atoms with van der Waals surface area (Å²) in [7, 11) is 2.12. The molecule has 0 fully saturated rings. The van der Waals surface area contributed by atoms with Gasteiger partial charge < -0.3 is 19.3 Å². The highest BCUT2D eigenvalue weighted by Gasteiger charge is 2.27. The molecule has 0 radical (unpaired) electrons. The van der Waals surface area contributed by atoms with Gasteiger partial charge >= 0.3 is 0 Å². The fourth-order valence-corrected chi connectivity index (χ4v) is 3.63. The Morgan fingerprint density at radius 2 is 2.04 bits per heavy atom. The van der Waals surface area contributed by atoms with Gasteiger partial charge in [0.2, 0.25) is 6.79 Å². The molecule has 0 saturated carbocycles. The minimum atomic E-state index is 0.102. The first-order valence-corrected chi connectivity index (χ1v) is 9.51. The molecule has 27 heavy (non-hydrogen) atoms. The number of hydrogen-bond acceptors (Lipinski definition) is 5. The first-order valence-electron chi connectivity index (χ1n) is 9.51. The van der Waals surface area contributed by atoms with Crippen molar-refractivity contribution in [2.24, 2.45) is 0 Å². The van der Waals surface area contributed by atoms with Crippen LogP contribution in [0.5, 0.6) is 11.5 Å². The first-order chi connectivity index (χ1) is 13.2. The number of rotatable bonds is 7. The molecule has 2 aliphatic rings. The lowest BCUT2D eigenvalue weighted by molar-refractivity contribution is 0.0733. The van der Waals surface area contributed by atoms with Crippen LogP contribution in [0, 0.1) is 0 Å². The summed E-state index contributed by atoms with van der Waals surface area (Å²) in [6, 6.07) is 9.82. The number of fused-ring (bicyclic) bond motifs is 2. The zero-order valence-corrected chi connectivity index (χ0v) is 15.7. The molecule has 6 nitrogen and oxygen atoms in total. The molecule has 0 atom stereocenters. The second kappa shape index (κ2) is 7.96. The van der Waals surface area contributed by atoms with Crippen LogP contribution in [0.15, 0.2) is 36.5 Å². The number of aromatic nitrogens is 1. The van der Waals surface area contributed by atoms with Crippen molar-refractivity contribution in [1.29, 1.82) is 0 Å². The van der Waals surface area contributed by atoms with Crippen LogP contribution >= 0.6 is 0 Å². The molecule has 0 bridgehead atoms. The lowest BCUT2D eigenvalue weighted by atomic mass is 9.98. The van der Waals surface area contributed by atoms with Crippen LogP contribution in [-0.4, -0.2) is 60.7 Å². The van der Waals surface area contributed by atoms with Crippen LogP contribution in [0.2, 0.25) is 0 Å². The standard InChI is InChI=1S/C21H25N3O3/c1-23(11-7-17-5-2-3-8-22-17)9-4-10-24-12-6-16-13-19-20(27-15-26-19)14-18(16)21(24)25/h2-3,5,8,13-14H,4,6-7,9-12,15H2,1H3. The number of carbonyl (C=O) groups excluding carboxylic acids is 1. The second-order valence-corrected chi connectivity index (χ2v) is 7.13. The molecule has 6 heteroatoms. The van der Waals surface area contributed by atoms with E-state index in [9.17, 15) is 4.79 Å². The highest BCUT2D eigenvalue weighted by molar-refractivity contribution is 5.97. The van der Waals surface area contributed by atoms with Crippen LogP contribution < -0.4 is 9.47 Å². The molecule has 1 amide bonds. The average Bonchev–Trinajstić information content (AvgIpc) is 3.15. The first kappa shape index (κ1) is 17.8. The summed E-state index contributed by atoms with van der Waals surface area (Å²) in [5.74, 6) is 1.54. The summed E-state index contributed by atoms with van der Waals surface area (Å²) in [6.45, 7) is 3.71. The van der Waals surface area contributed by atoms with E-state index >= 15 is 0 Å². The number of nitrogens with zero attached hydrogens (tertiary/aromatic N) is 3. The molecule has 0 unspecified atom stereocenters. The van der Waals surface area contributed by atoms with Crippen molar-refractivity contribution in [1.82, 2.24) is 14.8 Å². The molecule has 142 valence electrons. The van der Waals surface area contributed by atoms with E-state index in [0.29, 0.717) is 5.75 Å². The van der Waals surface area contributed by atoms with Gasteiger partial charge in [0, 0.05) is 43.5 Å². The summed E-state index contributed by atoms with van der Waals surface area (Å²) in [4.78, 5) is 21.4. The number of benzene rings is 1. The Morgan fingerprint density at radius 1 is 1.19 bits per heavy atom. The predicted molar refractivity (Wildman–Crippen MR) is 102 cm³/mol. The van der Waals surface area contributed by atoms with Gasteiger partial charge in [0.25, 0.3) is 5.91 Å². The lowest BCUT2D eigenvalue weighted by Gasteiger charge is -2.29. The highest BCUT2D eigenvalue weighted by Crippen LogP contribution is 2.36. The van der Waals surface area contributed by atoms with Crippen LogP contribution in [0.1, 0.15) is 28.0 Å². The van der Waals surface area contributed by atoms with Crippen molar-refractivity contribution in [2.45, 2.75) is 19.3 Å². The smallest absolute Gasteiger partial charge is 0.254 e. The summed E-state index contributed by atoms with van der Waals surface area (Å²) in [5.41, 5.74) is 2.94. The Hall–Kier alpha value is -2.60. The predicted octanol–water partition coefficient (Wildman–Crippen LogP) is 2.37. The monoisotopic (exact) mass is 367 g/mol. The Balaban J connectivity index is 1.26. The number of likely N-dealkylation sites (N-methyl/N-ethyl adjacent to an activating group) is 1.